The van der Waals surface area contributed by atoms with Crippen LogP contribution in [0.15, 0.2) is 4.52 Å². The van der Waals surface area contributed by atoms with Gasteiger partial charge in [-0.1, -0.05) is 19.0 Å². The number of nitrogens with zero attached hydrogens (tertiary/aromatic N) is 3. The van der Waals surface area contributed by atoms with Gasteiger partial charge in [0.05, 0.1) is 6.07 Å². The van der Waals surface area contributed by atoms with E-state index in [1.165, 1.54) is 0 Å². The van der Waals surface area contributed by atoms with Crippen molar-refractivity contribution in [3.8, 4) is 6.07 Å². The van der Waals surface area contributed by atoms with Crippen LogP contribution in [-0.4, -0.2) is 16.7 Å². The maximum Gasteiger partial charge on any atom is 0.240 e. The van der Waals surface area contributed by atoms with Crippen molar-refractivity contribution in [2.24, 2.45) is 5.41 Å². The standard InChI is InChI=1S/C14H21N3O2/c1-4-18-14(8-6-13(2,3)7-9-14)12-16-11(5-10-15)19-17-12/h4-9H2,1-3H3. The van der Waals surface area contributed by atoms with E-state index in [0.29, 0.717) is 23.7 Å². The van der Waals surface area contributed by atoms with Crippen LogP contribution in [0, 0.1) is 16.7 Å². The molecule has 0 spiro atoms. The first-order chi connectivity index (χ1) is 9.01. The summed E-state index contributed by atoms with van der Waals surface area (Å²) in [4.78, 5) is 4.34. The Morgan fingerprint density at radius 3 is 2.58 bits per heavy atom. The van der Waals surface area contributed by atoms with Crippen LogP contribution in [0.2, 0.25) is 0 Å². The zero-order chi connectivity index (χ0) is 13.9. The van der Waals surface area contributed by atoms with Gasteiger partial charge in [-0.3, -0.25) is 0 Å². The molecule has 1 aromatic heterocycles. The van der Waals surface area contributed by atoms with E-state index in [9.17, 15) is 0 Å². The van der Waals surface area contributed by atoms with Gasteiger partial charge in [-0.15, -0.1) is 0 Å². The van der Waals surface area contributed by atoms with Crippen LogP contribution < -0.4 is 0 Å². The normalized spacial score (nSPS) is 20.9. The molecule has 0 atom stereocenters. The fraction of sp³-hybridized carbons (Fsp3) is 0.786. The van der Waals surface area contributed by atoms with Gasteiger partial charge in [0, 0.05) is 6.61 Å². The molecule has 1 aliphatic rings. The Bertz CT molecular complexity index is 463. The zero-order valence-electron chi connectivity index (χ0n) is 11.9. The minimum atomic E-state index is -0.429. The molecule has 104 valence electrons. The number of hydrogen-bond acceptors (Lipinski definition) is 5. The minimum absolute atomic E-state index is 0.153. The van der Waals surface area contributed by atoms with Gasteiger partial charge in [-0.25, -0.2) is 0 Å². The Kier molecular flexibility index (Phi) is 3.91. The molecule has 2 rings (SSSR count). The monoisotopic (exact) mass is 263 g/mol. The van der Waals surface area contributed by atoms with Crippen LogP contribution in [0.5, 0.6) is 0 Å². The number of ether oxygens (including phenoxy) is 1. The molecule has 5 heteroatoms. The van der Waals surface area contributed by atoms with Crippen molar-refractivity contribution in [1.82, 2.24) is 10.1 Å². The SMILES string of the molecule is CCOC1(c2noc(CC#N)n2)CCC(C)(C)CC1. The van der Waals surface area contributed by atoms with Crippen LogP contribution in [-0.2, 0) is 16.8 Å². The third-order valence-electron chi connectivity index (χ3n) is 3.94. The number of rotatable bonds is 4. The quantitative estimate of drug-likeness (QED) is 0.835. The summed E-state index contributed by atoms with van der Waals surface area (Å²) in [5.41, 5.74) is -0.0820. The molecule has 0 bridgehead atoms. The van der Waals surface area contributed by atoms with Gasteiger partial charge in [0.2, 0.25) is 11.7 Å². The molecule has 1 heterocycles. The van der Waals surface area contributed by atoms with E-state index >= 15 is 0 Å². The van der Waals surface area contributed by atoms with Gasteiger partial charge in [0.15, 0.2) is 0 Å². The van der Waals surface area contributed by atoms with Crippen molar-refractivity contribution in [3.63, 3.8) is 0 Å². The first-order valence-corrected chi connectivity index (χ1v) is 6.85. The van der Waals surface area contributed by atoms with Gasteiger partial charge in [-0.2, -0.15) is 10.2 Å². The van der Waals surface area contributed by atoms with Crippen molar-refractivity contribution in [1.29, 1.82) is 5.26 Å². The molecule has 19 heavy (non-hydrogen) atoms. The Morgan fingerprint density at radius 1 is 1.32 bits per heavy atom. The lowest BCUT2D eigenvalue weighted by molar-refractivity contribution is -0.0957. The number of hydrogen-bond donors (Lipinski definition) is 0. The molecular formula is C14H21N3O2. The van der Waals surface area contributed by atoms with Gasteiger partial charge in [0.25, 0.3) is 0 Å². The summed E-state index contributed by atoms with van der Waals surface area (Å²) in [7, 11) is 0. The zero-order valence-corrected chi connectivity index (χ0v) is 11.9. The average Bonchev–Trinajstić information content (AvgIpc) is 2.82. The molecule has 1 saturated carbocycles. The van der Waals surface area contributed by atoms with E-state index in [1.54, 1.807) is 0 Å². The molecule has 1 aromatic rings. The van der Waals surface area contributed by atoms with Crippen LogP contribution >= 0.6 is 0 Å². The summed E-state index contributed by atoms with van der Waals surface area (Å²) in [5.74, 6) is 0.983. The third-order valence-corrected chi connectivity index (χ3v) is 3.94. The average molecular weight is 263 g/mol. The van der Waals surface area contributed by atoms with Crippen LogP contribution in [0.1, 0.15) is 58.2 Å². The topological polar surface area (TPSA) is 71.9 Å². The largest absolute Gasteiger partial charge is 0.367 e. The summed E-state index contributed by atoms with van der Waals surface area (Å²) >= 11 is 0. The highest BCUT2D eigenvalue weighted by Crippen LogP contribution is 2.46. The first-order valence-electron chi connectivity index (χ1n) is 6.85. The Hall–Kier alpha value is -1.41. The van der Waals surface area contributed by atoms with E-state index in [2.05, 4.69) is 24.0 Å². The van der Waals surface area contributed by atoms with Crippen molar-refractivity contribution >= 4 is 0 Å². The van der Waals surface area contributed by atoms with Gasteiger partial charge in [-0.05, 0) is 38.0 Å². The molecule has 0 N–H and O–H groups in total. The maximum absolute atomic E-state index is 8.67. The molecule has 0 aromatic carbocycles. The molecule has 0 amide bonds. The van der Waals surface area contributed by atoms with Crippen molar-refractivity contribution in [3.05, 3.63) is 11.7 Å². The van der Waals surface area contributed by atoms with Crippen molar-refractivity contribution in [2.45, 2.75) is 58.5 Å². The second kappa shape index (κ2) is 5.30. The van der Waals surface area contributed by atoms with Crippen molar-refractivity contribution < 1.29 is 9.26 Å². The maximum atomic E-state index is 8.67. The fourth-order valence-electron chi connectivity index (χ4n) is 2.62. The Labute approximate surface area is 113 Å². The second-order valence-electron chi connectivity index (χ2n) is 5.94. The number of aromatic nitrogens is 2. The summed E-state index contributed by atoms with van der Waals surface area (Å²) < 4.78 is 11.1. The van der Waals surface area contributed by atoms with Crippen LogP contribution in [0.4, 0.5) is 0 Å². The molecular weight excluding hydrogens is 242 g/mol. The molecule has 1 aliphatic carbocycles. The van der Waals surface area contributed by atoms with E-state index < -0.39 is 5.60 Å². The summed E-state index contributed by atoms with van der Waals surface area (Å²) in [5, 5.41) is 12.7. The van der Waals surface area contributed by atoms with E-state index in [0.717, 1.165) is 25.7 Å². The third kappa shape index (κ3) is 2.95. The lowest BCUT2D eigenvalue weighted by atomic mass is 9.70. The second-order valence-corrected chi connectivity index (χ2v) is 5.94. The smallest absolute Gasteiger partial charge is 0.240 e. The molecule has 0 radical (unpaired) electrons. The summed E-state index contributed by atoms with van der Waals surface area (Å²) in [6.07, 6.45) is 4.11. The highest BCUT2D eigenvalue weighted by atomic mass is 16.5. The molecule has 0 aliphatic heterocycles. The van der Waals surface area contributed by atoms with Gasteiger partial charge in [0.1, 0.15) is 12.0 Å². The minimum Gasteiger partial charge on any atom is -0.367 e. The first kappa shape index (κ1) is 14.0. The highest BCUT2D eigenvalue weighted by Gasteiger charge is 2.43. The summed E-state index contributed by atoms with van der Waals surface area (Å²) in [6.45, 7) is 7.17. The Morgan fingerprint density at radius 2 is 2.00 bits per heavy atom. The highest BCUT2D eigenvalue weighted by molar-refractivity contribution is 5.06. The summed E-state index contributed by atoms with van der Waals surface area (Å²) in [6, 6.07) is 2.02. The molecule has 0 saturated heterocycles. The Balaban J connectivity index is 2.22. The van der Waals surface area contributed by atoms with Crippen molar-refractivity contribution in [2.75, 3.05) is 6.61 Å². The van der Waals surface area contributed by atoms with Crippen LogP contribution in [0.3, 0.4) is 0 Å². The van der Waals surface area contributed by atoms with Gasteiger partial charge >= 0.3 is 0 Å². The van der Waals surface area contributed by atoms with E-state index in [4.69, 9.17) is 14.5 Å². The lowest BCUT2D eigenvalue weighted by Crippen LogP contribution is -2.38. The van der Waals surface area contributed by atoms with E-state index in [-0.39, 0.29) is 6.42 Å². The lowest BCUT2D eigenvalue weighted by Gasteiger charge is -2.41. The fourth-order valence-corrected chi connectivity index (χ4v) is 2.62. The number of nitriles is 1. The van der Waals surface area contributed by atoms with E-state index in [1.807, 2.05) is 13.0 Å². The van der Waals surface area contributed by atoms with Crippen LogP contribution in [0.25, 0.3) is 0 Å². The van der Waals surface area contributed by atoms with Gasteiger partial charge < -0.3 is 9.26 Å². The molecule has 5 nitrogen and oxygen atoms in total. The molecule has 0 unspecified atom stereocenters. The predicted molar refractivity (Wildman–Crippen MR) is 69.2 cm³/mol. The molecule has 1 fully saturated rings. The predicted octanol–water partition coefficient (Wildman–Crippen LogP) is 2.97.